The zero-order chi connectivity index (χ0) is 13.0. The summed E-state index contributed by atoms with van der Waals surface area (Å²) in [5, 5.41) is 16.8. The minimum Gasteiger partial charge on any atom is -0.411 e. The zero-order valence-corrected chi connectivity index (χ0v) is 10.9. The predicted molar refractivity (Wildman–Crippen MR) is 70.4 cm³/mol. The summed E-state index contributed by atoms with van der Waals surface area (Å²) in [7, 11) is 3.95. The first kappa shape index (κ1) is 12.5. The van der Waals surface area contributed by atoms with E-state index in [-0.39, 0.29) is 0 Å². The topological polar surface area (TPSA) is 66.0 Å². The van der Waals surface area contributed by atoms with Gasteiger partial charge in [0.15, 0.2) is 0 Å². The van der Waals surface area contributed by atoms with Gasteiger partial charge in [-0.25, -0.2) is 0 Å². The smallest absolute Gasteiger partial charge is 0.277 e. The summed E-state index contributed by atoms with van der Waals surface area (Å²) in [6.07, 6.45) is 0. The molecule has 0 atom stereocenters. The predicted octanol–water partition coefficient (Wildman–Crippen LogP) is 2.42. The molecular formula is C12H12N4OS. The summed E-state index contributed by atoms with van der Waals surface area (Å²) >= 11 is 1.23. The Kier molecular flexibility index (Phi) is 3.85. The molecule has 0 bridgehead atoms. The normalized spacial score (nSPS) is 10.1. The van der Waals surface area contributed by atoms with Gasteiger partial charge in [0, 0.05) is 25.3 Å². The Labute approximate surface area is 109 Å². The van der Waals surface area contributed by atoms with Gasteiger partial charge in [0.1, 0.15) is 0 Å². The van der Waals surface area contributed by atoms with Gasteiger partial charge in [-0.2, -0.15) is 5.26 Å². The van der Waals surface area contributed by atoms with E-state index < -0.39 is 0 Å². The van der Waals surface area contributed by atoms with Gasteiger partial charge >= 0.3 is 0 Å². The lowest BCUT2D eigenvalue weighted by molar-refractivity contribution is 0.466. The van der Waals surface area contributed by atoms with Crippen molar-refractivity contribution in [1.29, 1.82) is 5.26 Å². The molecule has 0 aliphatic rings. The summed E-state index contributed by atoms with van der Waals surface area (Å²) in [6, 6.07) is 9.86. The van der Waals surface area contributed by atoms with Crippen molar-refractivity contribution in [3.63, 3.8) is 0 Å². The third-order valence-corrected chi connectivity index (χ3v) is 2.96. The van der Waals surface area contributed by atoms with E-state index in [0.29, 0.717) is 16.9 Å². The molecule has 0 amide bonds. The van der Waals surface area contributed by atoms with Crippen LogP contribution < -0.4 is 4.90 Å². The molecule has 0 spiro atoms. The Morgan fingerprint density at radius 2 is 2.22 bits per heavy atom. The highest BCUT2D eigenvalue weighted by atomic mass is 32.2. The quantitative estimate of drug-likeness (QED) is 0.786. The number of aromatic nitrogens is 2. The summed E-state index contributed by atoms with van der Waals surface area (Å²) in [4.78, 5) is 2.01. The van der Waals surface area contributed by atoms with Crippen LogP contribution in [0.3, 0.4) is 0 Å². The van der Waals surface area contributed by atoms with Crippen molar-refractivity contribution < 1.29 is 4.42 Å². The Balaban J connectivity index is 2.23. The van der Waals surface area contributed by atoms with Crippen molar-refractivity contribution in [2.24, 2.45) is 0 Å². The van der Waals surface area contributed by atoms with Crippen LogP contribution >= 0.6 is 11.8 Å². The molecule has 92 valence electrons. The lowest BCUT2D eigenvalue weighted by Crippen LogP contribution is -2.08. The molecule has 0 unspecified atom stereocenters. The SMILES string of the molecule is CN(C)c1cccc(-c2nnc(SCC#N)o2)c1. The molecule has 2 aromatic rings. The molecule has 2 rings (SSSR count). The second-order valence-electron chi connectivity index (χ2n) is 3.76. The lowest BCUT2D eigenvalue weighted by Gasteiger charge is -2.12. The number of rotatable bonds is 4. The average molecular weight is 260 g/mol. The number of anilines is 1. The lowest BCUT2D eigenvalue weighted by atomic mass is 10.2. The van der Waals surface area contributed by atoms with Crippen molar-refractivity contribution in [2.45, 2.75) is 5.22 Å². The fourth-order valence-electron chi connectivity index (χ4n) is 1.40. The monoisotopic (exact) mass is 260 g/mol. The molecule has 1 heterocycles. The van der Waals surface area contributed by atoms with E-state index in [1.807, 2.05) is 49.3 Å². The van der Waals surface area contributed by atoms with Gasteiger partial charge in [-0.15, -0.1) is 10.2 Å². The summed E-state index contributed by atoms with van der Waals surface area (Å²) < 4.78 is 5.48. The summed E-state index contributed by atoms with van der Waals surface area (Å²) in [6.45, 7) is 0. The highest BCUT2D eigenvalue weighted by Crippen LogP contribution is 2.25. The molecule has 18 heavy (non-hydrogen) atoms. The molecule has 0 aliphatic carbocycles. The van der Waals surface area contributed by atoms with Crippen LogP contribution in [0.25, 0.3) is 11.5 Å². The minimum atomic E-state index is 0.305. The molecule has 0 N–H and O–H groups in total. The van der Waals surface area contributed by atoms with Crippen LogP contribution in [0.5, 0.6) is 0 Å². The van der Waals surface area contributed by atoms with Gasteiger partial charge in [0.25, 0.3) is 5.22 Å². The molecule has 1 aromatic carbocycles. The Hall–Kier alpha value is -2.00. The van der Waals surface area contributed by atoms with E-state index in [1.165, 1.54) is 11.8 Å². The van der Waals surface area contributed by atoms with E-state index in [2.05, 4.69) is 10.2 Å². The van der Waals surface area contributed by atoms with Crippen LogP contribution in [0, 0.1) is 11.3 Å². The van der Waals surface area contributed by atoms with Gasteiger partial charge in [-0.3, -0.25) is 0 Å². The third kappa shape index (κ3) is 2.81. The molecule has 6 heteroatoms. The molecule has 0 radical (unpaired) electrons. The van der Waals surface area contributed by atoms with Gasteiger partial charge in [0.2, 0.25) is 5.89 Å². The van der Waals surface area contributed by atoms with Crippen LogP contribution in [0.2, 0.25) is 0 Å². The second kappa shape index (κ2) is 5.56. The van der Waals surface area contributed by atoms with Crippen LogP contribution in [-0.4, -0.2) is 30.0 Å². The highest BCUT2D eigenvalue weighted by Gasteiger charge is 2.09. The molecule has 0 saturated carbocycles. The maximum Gasteiger partial charge on any atom is 0.277 e. The van der Waals surface area contributed by atoms with Crippen LogP contribution in [-0.2, 0) is 0 Å². The molecule has 1 aromatic heterocycles. The van der Waals surface area contributed by atoms with E-state index in [4.69, 9.17) is 9.68 Å². The number of nitriles is 1. The van der Waals surface area contributed by atoms with Gasteiger partial charge in [-0.05, 0) is 18.2 Å². The molecule has 0 aliphatic heterocycles. The van der Waals surface area contributed by atoms with E-state index in [1.54, 1.807) is 0 Å². The van der Waals surface area contributed by atoms with Crippen molar-refractivity contribution in [2.75, 3.05) is 24.7 Å². The number of thioether (sulfide) groups is 1. The Bertz CT molecular complexity index is 573. The van der Waals surface area contributed by atoms with E-state index in [0.717, 1.165) is 11.3 Å². The summed E-state index contributed by atoms with van der Waals surface area (Å²) in [5.74, 6) is 0.776. The molecule has 0 fully saturated rings. The van der Waals surface area contributed by atoms with Gasteiger partial charge < -0.3 is 9.32 Å². The fraction of sp³-hybridized carbons (Fsp3) is 0.250. The van der Waals surface area contributed by atoms with Crippen LogP contribution in [0.15, 0.2) is 33.9 Å². The van der Waals surface area contributed by atoms with Crippen molar-refractivity contribution in [1.82, 2.24) is 10.2 Å². The van der Waals surface area contributed by atoms with Gasteiger partial charge in [0.05, 0.1) is 11.8 Å². The van der Waals surface area contributed by atoms with Crippen LogP contribution in [0.1, 0.15) is 0 Å². The number of benzene rings is 1. The largest absolute Gasteiger partial charge is 0.411 e. The Morgan fingerprint density at radius 3 is 2.94 bits per heavy atom. The van der Waals surface area contributed by atoms with Gasteiger partial charge in [-0.1, -0.05) is 17.8 Å². The number of nitrogens with zero attached hydrogens (tertiary/aromatic N) is 4. The van der Waals surface area contributed by atoms with Crippen molar-refractivity contribution in [3.05, 3.63) is 24.3 Å². The molecule has 0 saturated heterocycles. The first-order valence-corrected chi connectivity index (χ1v) is 6.30. The highest BCUT2D eigenvalue weighted by molar-refractivity contribution is 7.99. The van der Waals surface area contributed by atoms with Crippen LogP contribution in [0.4, 0.5) is 5.69 Å². The fourth-order valence-corrected chi connectivity index (χ4v) is 1.82. The molecular weight excluding hydrogens is 248 g/mol. The van der Waals surface area contributed by atoms with Crippen molar-refractivity contribution >= 4 is 17.4 Å². The van der Waals surface area contributed by atoms with E-state index >= 15 is 0 Å². The molecule has 5 nitrogen and oxygen atoms in total. The Morgan fingerprint density at radius 1 is 1.39 bits per heavy atom. The maximum absolute atomic E-state index is 8.48. The maximum atomic E-state index is 8.48. The van der Waals surface area contributed by atoms with Crippen molar-refractivity contribution in [3.8, 4) is 17.5 Å². The summed E-state index contributed by atoms with van der Waals surface area (Å²) in [5.41, 5.74) is 1.94. The minimum absolute atomic E-state index is 0.305. The second-order valence-corrected chi connectivity index (χ2v) is 4.69. The third-order valence-electron chi connectivity index (χ3n) is 2.28. The standard InChI is InChI=1S/C12H12N4OS/c1-16(2)10-5-3-4-9(8-10)11-14-15-12(17-11)18-7-6-13/h3-5,8H,7H2,1-2H3. The first-order chi connectivity index (χ1) is 8.70. The average Bonchev–Trinajstić information content (AvgIpc) is 2.85. The number of hydrogen-bond donors (Lipinski definition) is 0. The number of hydrogen-bond acceptors (Lipinski definition) is 6. The van der Waals surface area contributed by atoms with E-state index in [9.17, 15) is 0 Å². The first-order valence-electron chi connectivity index (χ1n) is 5.31. The zero-order valence-electron chi connectivity index (χ0n) is 10.1.